The molecular weight excluding hydrogens is 314 g/mol. The molecule has 0 bridgehead atoms. The highest BCUT2D eigenvalue weighted by atomic mass is 35.5. The Morgan fingerprint density at radius 3 is 2.27 bits per heavy atom. The largest absolute Gasteiger partial charge is 0.341 e. The molecule has 0 aliphatic rings. The summed E-state index contributed by atoms with van der Waals surface area (Å²) in [4.78, 5) is 13.9. The summed E-state index contributed by atoms with van der Waals surface area (Å²) in [5.74, 6) is 1.46. The van der Waals surface area contributed by atoms with E-state index in [0.717, 1.165) is 16.3 Å². The molecule has 116 valence electrons. The average Bonchev–Trinajstić information content (AvgIpc) is 2.51. The van der Waals surface area contributed by atoms with Gasteiger partial charge in [-0.05, 0) is 30.2 Å². The van der Waals surface area contributed by atoms with E-state index < -0.39 is 0 Å². The van der Waals surface area contributed by atoms with E-state index in [1.54, 1.807) is 16.7 Å². The van der Waals surface area contributed by atoms with Crippen LogP contribution in [-0.2, 0) is 17.1 Å². The van der Waals surface area contributed by atoms with Gasteiger partial charge in [-0.1, -0.05) is 53.6 Å². The Labute approximate surface area is 141 Å². The molecule has 0 N–H and O–H groups in total. The van der Waals surface area contributed by atoms with Crippen LogP contribution in [0.1, 0.15) is 16.7 Å². The second-order valence-electron chi connectivity index (χ2n) is 5.35. The van der Waals surface area contributed by atoms with Gasteiger partial charge in [-0.3, -0.25) is 4.79 Å². The normalized spacial score (nSPS) is 10.5. The van der Waals surface area contributed by atoms with Gasteiger partial charge < -0.3 is 4.90 Å². The second-order valence-corrected chi connectivity index (χ2v) is 6.78. The monoisotopic (exact) mass is 333 g/mol. The fraction of sp³-hybridized carbons (Fsp3) is 0.278. The molecule has 2 aromatic carbocycles. The van der Waals surface area contributed by atoms with Crippen molar-refractivity contribution in [2.24, 2.45) is 0 Å². The minimum Gasteiger partial charge on any atom is -0.341 e. The zero-order valence-electron chi connectivity index (χ0n) is 12.9. The number of thioether (sulfide) groups is 1. The van der Waals surface area contributed by atoms with Crippen LogP contribution in [-0.4, -0.2) is 23.6 Å². The molecular formula is C18H20ClNOS. The molecule has 0 radical (unpaired) electrons. The Balaban J connectivity index is 1.76. The predicted molar refractivity (Wildman–Crippen MR) is 95.3 cm³/mol. The lowest BCUT2D eigenvalue weighted by atomic mass is 10.1. The predicted octanol–water partition coefficient (Wildman–Crippen LogP) is 4.54. The lowest BCUT2D eigenvalue weighted by Crippen LogP contribution is -2.27. The summed E-state index contributed by atoms with van der Waals surface area (Å²) in [6.07, 6.45) is 0. The van der Waals surface area contributed by atoms with Crippen molar-refractivity contribution in [3.05, 3.63) is 70.2 Å². The third-order valence-electron chi connectivity index (χ3n) is 3.37. The standard InChI is InChI=1S/C18H20ClNOS/c1-14-3-5-15(6-4-14)11-20(2)18(21)13-22-12-16-7-9-17(19)10-8-16/h3-10H,11-13H2,1-2H3. The molecule has 0 heterocycles. The van der Waals surface area contributed by atoms with Crippen molar-refractivity contribution in [1.82, 2.24) is 4.90 Å². The summed E-state index contributed by atoms with van der Waals surface area (Å²) in [5, 5.41) is 0.739. The summed E-state index contributed by atoms with van der Waals surface area (Å²) in [5.41, 5.74) is 3.57. The molecule has 4 heteroatoms. The Kier molecular flexibility index (Phi) is 6.34. The van der Waals surface area contributed by atoms with Crippen LogP contribution >= 0.6 is 23.4 Å². The summed E-state index contributed by atoms with van der Waals surface area (Å²) in [6.45, 7) is 2.71. The number of halogens is 1. The van der Waals surface area contributed by atoms with E-state index in [1.807, 2.05) is 31.3 Å². The molecule has 0 fully saturated rings. The van der Waals surface area contributed by atoms with Gasteiger partial charge >= 0.3 is 0 Å². The molecule has 0 unspecified atom stereocenters. The first-order valence-corrected chi connectivity index (χ1v) is 8.69. The smallest absolute Gasteiger partial charge is 0.232 e. The van der Waals surface area contributed by atoms with Gasteiger partial charge in [-0.2, -0.15) is 0 Å². The van der Waals surface area contributed by atoms with E-state index in [0.29, 0.717) is 12.3 Å². The fourth-order valence-corrected chi connectivity index (χ4v) is 3.05. The first kappa shape index (κ1) is 16.9. The second kappa shape index (κ2) is 8.25. The number of benzene rings is 2. The van der Waals surface area contributed by atoms with Crippen molar-refractivity contribution in [2.75, 3.05) is 12.8 Å². The third kappa shape index (κ3) is 5.39. The summed E-state index contributed by atoms with van der Waals surface area (Å²) in [7, 11) is 1.85. The maximum atomic E-state index is 12.1. The van der Waals surface area contributed by atoms with Crippen LogP contribution in [0.2, 0.25) is 5.02 Å². The van der Waals surface area contributed by atoms with E-state index in [1.165, 1.54) is 11.1 Å². The van der Waals surface area contributed by atoms with Gasteiger partial charge in [-0.25, -0.2) is 0 Å². The van der Waals surface area contributed by atoms with Crippen molar-refractivity contribution in [3.63, 3.8) is 0 Å². The van der Waals surface area contributed by atoms with Gasteiger partial charge in [0.15, 0.2) is 0 Å². The van der Waals surface area contributed by atoms with Crippen LogP contribution < -0.4 is 0 Å². The van der Waals surface area contributed by atoms with Crippen LogP contribution in [0.5, 0.6) is 0 Å². The highest BCUT2D eigenvalue weighted by Gasteiger charge is 2.09. The lowest BCUT2D eigenvalue weighted by molar-refractivity contribution is -0.127. The topological polar surface area (TPSA) is 20.3 Å². The van der Waals surface area contributed by atoms with Gasteiger partial charge in [-0.15, -0.1) is 11.8 Å². The van der Waals surface area contributed by atoms with Crippen molar-refractivity contribution in [3.8, 4) is 0 Å². The van der Waals surface area contributed by atoms with Crippen LogP contribution in [0.3, 0.4) is 0 Å². The zero-order valence-corrected chi connectivity index (χ0v) is 14.5. The summed E-state index contributed by atoms with van der Waals surface area (Å²) >= 11 is 7.48. The van der Waals surface area contributed by atoms with Gasteiger partial charge in [0.2, 0.25) is 5.91 Å². The van der Waals surface area contributed by atoms with Crippen LogP contribution in [0.15, 0.2) is 48.5 Å². The first-order chi connectivity index (χ1) is 10.5. The molecule has 2 rings (SSSR count). The number of carbonyl (C=O) groups excluding carboxylic acids is 1. The minimum atomic E-state index is 0.152. The van der Waals surface area contributed by atoms with Crippen LogP contribution in [0, 0.1) is 6.92 Å². The molecule has 2 aromatic rings. The maximum absolute atomic E-state index is 12.1. The highest BCUT2D eigenvalue weighted by Crippen LogP contribution is 2.16. The zero-order chi connectivity index (χ0) is 15.9. The van der Waals surface area contributed by atoms with Gasteiger partial charge in [0.05, 0.1) is 5.75 Å². The van der Waals surface area contributed by atoms with E-state index >= 15 is 0 Å². The van der Waals surface area contributed by atoms with Crippen molar-refractivity contribution in [1.29, 1.82) is 0 Å². The third-order valence-corrected chi connectivity index (χ3v) is 4.61. The van der Waals surface area contributed by atoms with Crippen molar-refractivity contribution in [2.45, 2.75) is 19.2 Å². The SMILES string of the molecule is Cc1ccc(CN(C)C(=O)CSCc2ccc(Cl)cc2)cc1. The molecule has 0 atom stereocenters. The lowest BCUT2D eigenvalue weighted by Gasteiger charge is -2.17. The van der Waals surface area contributed by atoms with Crippen LogP contribution in [0.25, 0.3) is 0 Å². The number of amides is 1. The van der Waals surface area contributed by atoms with E-state index in [2.05, 4.69) is 31.2 Å². The van der Waals surface area contributed by atoms with E-state index in [4.69, 9.17) is 11.6 Å². The Hall–Kier alpha value is -1.45. The Morgan fingerprint density at radius 2 is 1.64 bits per heavy atom. The molecule has 0 saturated carbocycles. The molecule has 0 spiro atoms. The number of hydrogen-bond acceptors (Lipinski definition) is 2. The molecule has 0 aliphatic carbocycles. The molecule has 0 aliphatic heterocycles. The maximum Gasteiger partial charge on any atom is 0.232 e. The van der Waals surface area contributed by atoms with Gasteiger partial charge in [0.25, 0.3) is 0 Å². The van der Waals surface area contributed by atoms with E-state index in [9.17, 15) is 4.79 Å². The number of hydrogen-bond donors (Lipinski definition) is 0. The van der Waals surface area contributed by atoms with Crippen molar-refractivity contribution >= 4 is 29.3 Å². The average molecular weight is 334 g/mol. The minimum absolute atomic E-state index is 0.152. The number of carbonyl (C=O) groups is 1. The summed E-state index contributed by atoms with van der Waals surface area (Å²) in [6, 6.07) is 16.0. The van der Waals surface area contributed by atoms with Gasteiger partial charge in [0.1, 0.15) is 0 Å². The van der Waals surface area contributed by atoms with E-state index in [-0.39, 0.29) is 5.91 Å². The number of aryl methyl sites for hydroxylation is 1. The molecule has 0 aromatic heterocycles. The molecule has 0 saturated heterocycles. The Bertz CT molecular complexity index is 610. The van der Waals surface area contributed by atoms with Crippen LogP contribution in [0.4, 0.5) is 0 Å². The number of nitrogens with zero attached hydrogens (tertiary/aromatic N) is 1. The quantitative estimate of drug-likeness (QED) is 0.773. The molecule has 1 amide bonds. The Morgan fingerprint density at radius 1 is 1.05 bits per heavy atom. The fourth-order valence-electron chi connectivity index (χ4n) is 2.00. The first-order valence-electron chi connectivity index (χ1n) is 7.16. The summed E-state index contributed by atoms with van der Waals surface area (Å²) < 4.78 is 0. The van der Waals surface area contributed by atoms with Crippen molar-refractivity contribution < 1.29 is 4.79 Å². The van der Waals surface area contributed by atoms with Gasteiger partial charge in [0, 0.05) is 24.4 Å². The molecule has 22 heavy (non-hydrogen) atoms. The number of rotatable bonds is 6. The molecule has 2 nitrogen and oxygen atoms in total. The highest BCUT2D eigenvalue weighted by molar-refractivity contribution is 7.99.